The summed E-state index contributed by atoms with van der Waals surface area (Å²) in [4.78, 5) is 20.6. The van der Waals surface area contributed by atoms with E-state index in [0.29, 0.717) is 0 Å². The van der Waals surface area contributed by atoms with E-state index in [-0.39, 0.29) is 32.7 Å². The molecule has 0 N–H and O–H groups in total. The van der Waals surface area contributed by atoms with Crippen LogP contribution < -0.4 is 10.2 Å². The predicted octanol–water partition coefficient (Wildman–Crippen LogP) is -1.73. The van der Waals surface area contributed by atoms with Crippen LogP contribution in [0.4, 0.5) is 0 Å². The number of carbonyl (C=O) groups is 2. The van der Waals surface area contributed by atoms with Gasteiger partial charge in [-0.3, -0.25) is 0 Å². The van der Waals surface area contributed by atoms with Crippen LogP contribution in [-0.4, -0.2) is 50.9 Å². The molecular formula is C12H22O8Zn. The van der Waals surface area contributed by atoms with Crippen molar-refractivity contribution < 1.29 is 58.2 Å². The molecule has 2 atom stereocenters. The maximum atomic E-state index is 10.3. The number of aliphatic carboxylic acids is 2. The van der Waals surface area contributed by atoms with E-state index in [0.717, 1.165) is 0 Å². The number of carbonyl (C=O) groups excluding carboxylic acids is 2. The molecule has 0 aliphatic carbocycles. The van der Waals surface area contributed by atoms with Crippen molar-refractivity contribution in [1.29, 1.82) is 0 Å². The molecule has 0 heterocycles. The smallest absolute Gasteiger partial charge is 0.544 e. The SMILES string of the molecule is CCOC(C)(OC)C(=O)[O-].CCOC(C)(OC)C(=O)[O-].[Zn+2]. The summed E-state index contributed by atoms with van der Waals surface area (Å²) in [5, 5.41) is 20.6. The Morgan fingerprint density at radius 3 is 1.14 bits per heavy atom. The van der Waals surface area contributed by atoms with Gasteiger partial charge >= 0.3 is 19.5 Å². The summed E-state index contributed by atoms with van der Waals surface area (Å²) in [7, 11) is 2.51. The Morgan fingerprint density at radius 1 is 0.857 bits per heavy atom. The second kappa shape index (κ2) is 12.0. The first-order chi connectivity index (χ1) is 9.13. The van der Waals surface area contributed by atoms with E-state index >= 15 is 0 Å². The van der Waals surface area contributed by atoms with Gasteiger partial charge in [-0.2, -0.15) is 0 Å². The zero-order valence-electron chi connectivity index (χ0n) is 13.4. The van der Waals surface area contributed by atoms with E-state index in [1.54, 1.807) is 13.8 Å². The van der Waals surface area contributed by atoms with Crippen LogP contribution in [0.1, 0.15) is 27.7 Å². The Hall–Kier alpha value is -0.597. The molecule has 0 bridgehead atoms. The fraction of sp³-hybridized carbons (Fsp3) is 0.833. The Balaban J connectivity index is -0.000000295. The fourth-order valence-electron chi connectivity index (χ4n) is 0.953. The van der Waals surface area contributed by atoms with Crippen LogP contribution in [0.2, 0.25) is 0 Å². The van der Waals surface area contributed by atoms with Gasteiger partial charge in [-0.25, -0.2) is 0 Å². The molecule has 2 unspecified atom stereocenters. The van der Waals surface area contributed by atoms with Crippen molar-refractivity contribution in [3.8, 4) is 0 Å². The number of carboxylic acid groups (broad SMARTS) is 2. The molecule has 0 spiro atoms. The van der Waals surface area contributed by atoms with E-state index in [4.69, 9.17) is 9.47 Å². The van der Waals surface area contributed by atoms with Crippen molar-refractivity contribution in [2.45, 2.75) is 39.3 Å². The van der Waals surface area contributed by atoms with Crippen molar-refractivity contribution in [3.05, 3.63) is 0 Å². The zero-order valence-corrected chi connectivity index (χ0v) is 16.4. The molecule has 21 heavy (non-hydrogen) atoms. The van der Waals surface area contributed by atoms with Crippen molar-refractivity contribution >= 4 is 11.9 Å². The summed E-state index contributed by atoms with van der Waals surface area (Å²) in [6, 6.07) is 0. The number of rotatable bonds is 8. The number of methoxy groups -OCH3 is 2. The molecule has 8 nitrogen and oxygen atoms in total. The Labute approximate surface area is 137 Å². The van der Waals surface area contributed by atoms with Crippen LogP contribution >= 0.6 is 0 Å². The van der Waals surface area contributed by atoms with Crippen molar-refractivity contribution in [3.63, 3.8) is 0 Å². The van der Waals surface area contributed by atoms with Gasteiger partial charge in [0.1, 0.15) is 11.9 Å². The van der Waals surface area contributed by atoms with Crippen molar-refractivity contribution in [2.75, 3.05) is 27.4 Å². The molecule has 0 amide bonds. The molecule has 0 aromatic rings. The van der Waals surface area contributed by atoms with E-state index in [1.165, 1.54) is 28.1 Å². The molecule has 0 aliphatic heterocycles. The second-order valence-electron chi connectivity index (χ2n) is 3.74. The van der Waals surface area contributed by atoms with E-state index < -0.39 is 23.5 Å². The van der Waals surface area contributed by atoms with Gasteiger partial charge < -0.3 is 38.7 Å². The Bertz CT molecular complexity index is 282. The van der Waals surface area contributed by atoms with Gasteiger partial charge in [-0.05, 0) is 27.7 Å². The minimum atomic E-state index is -1.60. The molecule has 9 heteroatoms. The van der Waals surface area contributed by atoms with Crippen LogP contribution in [0, 0.1) is 0 Å². The van der Waals surface area contributed by atoms with Crippen LogP contribution in [0.3, 0.4) is 0 Å². The first-order valence-corrected chi connectivity index (χ1v) is 5.94. The van der Waals surface area contributed by atoms with Crippen LogP contribution in [0.15, 0.2) is 0 Å². The zero-order chi connectivity index (χ0) is 16.4. The first kappa shape index (κ1) is 25.4. The molecular weight excluding hydrogens is 338 g/mol. The van der Waals surface area contributed by atoms with Gasteiger partial charge in [0.2, 0.25) is 11.6 Å². The van der Waals surface area contributed by atoms with Gasteiger partial charge in [0.05, 0.1) is 0 Å². The molecule has 0 saturated heterocycles. The third-order valence-corrected chi connectivity index (χ3v) is 2.36. The standard InChI is InChI=1S/2C6H12O4.Zn/c2*1-4-10-6(2,9-3)5(7)8;/h2*4H2,1-3H3,(H,7,8);/q;;+2/p-2. The normalized spacial score (nSPS) is 15.5. The average molecular weight is 360 g/mol. The maximum Gasteiger partial charge on any atom is 2.00 e. The monoisotopic (exact) mass is 358 g/mol. The quantitative estimate of drug-likeness (QED) is 0.370. The molecule has 120 valence electrons. The van der Waals surface area contributed by atoms with Gasteiger partial charge in [-0.15, -0.1) is 0 Å². The Kier molecular flexibility index (Phi) is 14.5. The number of hydrogen-bond acceptors (Lipinski definition) is 8. The summed E-state index contributed by atoms with van der Waals surface area (Å²) in [5.74, 6) is -5.93. The fourth-order valence-corrected chi connectivity index (χ4v) is 0.953. The van der Waals surface area contributed by atoms with Gasteiger partial charge in [0, 0.05) is 27.4 Å². The predicted molar refractivity (Wildman–Crippen MR) is 64.1 cm³/mol. The van der Waals surface area contributed by atoms with Crippen LogP contribution in [-0.2, 0) is 48.0 Å². The number of ether oxygens (including phenoxy) is 4. The number of carboxylic acids is 2. The van der Waals surface area contributed by atoms with Gasteiger partial charge in [0.25, 0.3) is 0 Å². The minimum absolute atomic E-state index is 0. The summed E-state index contributed by atoms with van der Waals surface area (Å²) >= 11 is 0. The molecule has 0 aliphatic rings. The van der Waals surface area contributed by atoms with Crippen LogP contribution in [0.5, 0.6) is 0 Å². The van der Waals surface area contributed by atoms with E-state index in [9.17, 15) is 19.8 Å². The Morgan fingerprint density at radius 2 is 1.10 bits per heavy atom. The van der Waals surface area contributed by atoms with Gasteiger partial charge in [-0.1, -0.05) is 0 Å². The first-order valence-electron chi connectivity index (χ1n) is 5.94. The van der Waals surface area contributed by atoms with Crippen molar-refractivity contribution in [1.82, 2.24) is 0 Å². The summed E-state index contributed by atoms with van der Waals surface area (Å²) in [5.41, 5.74) is 0. The summed E-state index contributed by atoms with van der Waals surface area (Å²) in [6.45, 7) is 6.51. The van der Waals surface area contributed by atoms with E-state index in [1.807, 2.05) is 0 Å². The summed E-state index contributed by atoms with van der Waals surface area (Å²) < 4.78 is 18.6. The molecule has 0 radical (unpaired) electrons. The van der Waals surface area contributed by atoms with Crippen molar-refractivity contribution in [2.24, 2.45) is 0 Å². The van der Waals surface area contributed by atoms with Gasteiger partial charge in [0.15, 0.2) is 0 Å². The average Bonchev–Trinajstić information content (AvgIpc) is 2.39. The van der Waals surface area contributed by atoms with Crippen LogP contribution in [0.25, 0.3) is 0 Å². The molecule has 0 rings (SSSR count). The van der Waals surface area contributed by atoms with E-state index in [2.05, 4.69) is 9.47 Å². The largest absolute Gasteiger partial charge is 2.00 e. The third-order valence-electron chi connectivity index (χ3n) is 2.36. The molecule has 0 saturated carbocycles. The third kappa shape index (κ3) is 9.11. The molecule has 0 aromatic carbocycles. The minimum Gasteiger partial charge on any atom is -0.544 e. The molecule has 0 aromatic heterocycles. The maximum absolute atomic E-state index is 10.3. The number of hydrogen-bond donors (Lipinski definition) is 0. The summed E-state index contributed by atoms with van der Waals surface area (Å²) in [6.07, 6.45) is 0. The molecule has 0 fully saturated rings. The topological polar surface area (TPSA) is 117 Å². The second-order valence-corrected chi connectivity index (χ2v) is 3.74.